The summed E-state index contributed by atoms with van der Waals surface area (Å²) in [6.45, 7) is 5.79. The Hall–Kier alpha value is -1.72. The maximum Gasteiger partial charge on any atom is 0.134 e. The number of benzene rings is 1. The van der Waals surface area contributed by atoms with Crippen molar-refractivity contribution in [3.63, 3.8) is 0 Å². The lowest BCUT2D eigenvalue weighted by Gasteiger charge is -2.38. The van der Waals surface area contributed by atoms with E-state index in [1.54, 1.807) is 6.07 Å². The molecule has 1 aliphatic heterocycles. The lowest BCUT2D eigenvalue weighted by atomic mass is 10.1. The zero-order valence-corrected chi connectivity index (χ0v) is 13.2. The molecule has 1 unspecified atom stereocenters. The van der Waals surface area contributed by atoms with Crippen molar-refractivity contribution in [3.05, 3.63) is 53.2 Å². The van der Waals surface area contributed by atoms with Crippen molar-refractivity contribution >= 4 is 17.4 Å². The molecule has 22 heavy (non-hydrogen) atoms. The van der Waals surface area contributed by atoms with E-state index in [-0.39, 0.29) is 11.9 Å². The van der Waals surface area contributed by atoms with E-state index >= 15 is 0 Å². The minimum atomic E-state index is -0.193. The third kappa shape index (κ3) is 3.36. The number of nitrogens with zero attached hydrogens (tertiary/aromatic N) is 4. The fourth-order valence-electron chi connectivity index (χ4n) is 2.79. The topological polar surface area (TPSA) is 32.3 Å². The molecular formula is C16H18ClFN4. The molecule has 2 heterocycles. The molecule has 0 amide bonds. The molecular weight excluding hydrogens is 303 g/mol. The lowest BCUT2D eigenvalue weighted by molar-refractivity contribution is 0.198. The van der Waals surface area contributed by atoms with Crippen molar-refractivity contribution in [2.75, 3.05) is 31.1 Å². The third-order valence-corrected chi connectivity index (χ3v) is 4.36. The van der Waals surface area contributed by atoms with Crippen LogP contribution in [-0.4, -0.2) is 41.0 Å². The van der Waals surface area contributed by atoms with Gasteiger partial charge in [-0.1, -0.05) is 23.7 Å². The summed E-state index contributed by atoms with van der Waals surface area (Å²) in [5.41, 5.74) is 1.14. The molecule has 0 aliphatic carbocycles. The molecule has 4 nitrogen and oxygen atoms in total. The molecule has 0 N–H and O–H groups in total. The van der Waals surface area contributed by atoms with Crippen molar-refractivity contribution in [1.82, 2.24) is 14.9 Å². The zero-order chi connectivity index (χ0) is 15.5. The predicted octanol–water partition coefficient (Wildman–Crippen LogP) is 3.15. The van der Waals surface area contributed by atoms with E-state index in [4.69, 9.17) is 11.6 Å². The van der Waals surface area contributed by atoms with Gasteiger partial charge in [-0.3, -0.25) is 4.90 Å². The summed E-state index contributed by atoms with van der Waals surface area (Å²) >= 11 is 5.92. The number of hydrogen-bond donors (Lipinski definition) is 0. The Kier molecular flexibility index (Phi) is 4.55. The van der Waals surface area contributed by atoms with E-state index in [1.165, 1.54) is 18.5 Å². The van der Waals surface area contributed by atoms with Crippen LogP contribution in [0.15, 0.2) is 36.7 Å². The maximum atomic E-state index is 13.0. The van der Waals surface area contributed by atoms with Gasteiger partial charge in [-0.05, 0) is 24.6 Å². The van der Waals surface area contributed by atoms with E-state index in [0.29, 0.717) is 5.15 Å². The summed E-state index contributed by atoms with van der Waals surface area (Å²) < 4.78 is 13.0. The van der Waals surface area contributed by atoms with E-state index in [0.717, 1.165) is 37.6 Å². The highest BCUT2D eigenvalue weighted by Crippen LogP contribution is 2.23. The van der Waals surface area contributed by atoms with Crippen LogP contribution in [0.25, 0.3) is 0 Å². The molecule has 0 spiro atoms. The number of rotatable bonds is 3. The SMILES string of the molecule is CC(c1ccc(F)cc1)N1CCN(c2cc(Cl)ncn2)CC1. The minimum Gasteiger partial charge on any atom is -0.354 e. The maximum absolute atomic E-state index is 13.0. The van der Waals surface area contributed by atoms with E-state index in [2.05, 4.69) is 26.7 Å². The average molecular weight is 321 g/mol. The molecule has 116 valence electrons. The Balaban J connectivity index is 1.62. The first kappa shape index (κ1) is 15.2. The van der Waals surface area contributed by atoms with E-state index in [1.807, 2.05) is 12.1 Å². The number of hydrogen-bond acceptors (Lipinski definition) is 4. The first-order valence-electron chi connectivity index (χ1n) is 7.35. The van der Waals surface area contributed by atoms with Gasteiger partial charge in [0.25, 0.3) is 0 Å². The van der Waals surface area contributed by atoms with Gasteiger partial charge in [0, 0.05) is 38.3 Å². The van der Waals surface area contributed by atoms with Gasteiger partial charge in [-0.25, -0.2) is 14.4 Å². The Labute approximate surface area is 134 Å². The van der Waals surface area contributed by atoms with Crippen molar-refractivity contribution in [2.24, 2.45) is 0 Å². The Morgan fingerprint density at radius 1 is 1.09 bits per heavy atom. The predicted molar refractivity (Wildman–Crippen MR) is 85.6 cm³/mol. The van der Waals surface area contributed by atoms with Gasteiger partial charge in [-0.2, -0.15) is 0 Å². The fraction of sp³-hybridized carbons (Fsp3) is 0.375. The van der Waals surface area contributed by atoms with Crippen LogP contribution in [0, 0.1) is 5.82 Å². The summed E-state index contributed by atoms with van der Waals surface area (Å²) in [4.78, 5) is 12.8. The van der Waals surface area contributed by atoms with Gasteiger partial charge >= 0.3 is 0 Å². The summed E-state index contributed by atoms with van der Waals surface area (Å²) in [5.74, 6) is 0.676. The summed E-state index contributed by atoms with van der Waals surface area (Å²) in [7, 11) is 0. The molecule has 2 aromatic rings. The molecule has 6 heteroatoms. The molecule has 1 aromatic heterocycles. The van der Waals surface area contributed by atoms with Gasteiger partial charge in [-0.15, -0.1) is 0 Å². The quantitative estimate of drug-likeness (QED) is 0.813. The number of halogens is 2. The normalized spacial score (nSPS) is 17.5. The van der Waals surface area contributed by atoms with Gasteiger partial charge in [0.15, 0.2) is 0 Å². The van der Waals surface area contributed by atoms with Crippen molar-refractivity contribution in [2.45, 2.75) is 13.0 Å². The standard InChI is InChI=1S/C16H18ClFN4/c1-12(13-2-4-14(18)5-3-13)21-6-8-22(9-7-21)16-10-15(17)19-11-20-16/h2-5,10-12H,6-9H2,1H3. The second-order valence-electron chi connectivity index (χ2n) is 5.45. The highest BCUT2D eigenvalue weighted by atomic mass is 35.5. The largest absolute Gasteiger partial charge is 0.354 e. The Morgan fingerprint density at radius 2 is 1.77 bits per heavy atom. The molecule has 0 saturated carbocycles. The van der Waals surface area contributed by atoms with Gasteiger partial charge < -0.3 is 4.90 Å². The van der Waals surface area contributed by atoms with Crippen LogP contribution >= 0.6 is 11.6 Å². The van der Waals surface area contributed by atoms with Gasteiger partial charge in [0.1, 0.15) is 23.1 Å². The highest BCUT2D eigenvalue weighted by Gasteiger charge is 2.22. The minimum absolute atomic E-state index is 0.193. The van der Waals surface area contributed by atoms with Crippen molar-refractivity contribution < 1.29 is 4.39 Å². The van der Waals surface area contributed by atoms with Gasteiger partial charge in [0.05, 0.1) is 0 Å². The summed E-state index contributed by atoms with van der Waals surface area (Å²) in [5, 5.41) is 0.465. The highest BCUT2D eigenvalue weighted by molar-refractivity contribution is 6.29. The van der Waals surface area contributed by atoms with E-state index in [9.17, 15) is 4.39 Å². The molecule has 1 aliphatic rings. The van der Waals surface area contributed by atoms with Crippen LogP contribution in [0.2, 0.25) is 5.15 Å². The number of anilines is 1. The molecule has 3 rings (SSSR count). The molecule has 1 atom stereocenters. The summed E-state index contributed by atoms with van der Waals surface area (Å²) in [6, 6.07) is 8.82. The third-order valence-electron chi connectivity index (χ3n) is 4.16. The molecule has 0 radical (unpaired) electrons. The smallest absolute Gasteiger partial charge is 0.134 e. The Morgan fingerprint density at radius 3 is 2.41 bits per heavy atom. The molecule has 0 bridgehead atoms. The summed E-state index contributed by atoms with van der Waals surface area (Å²) in [6.07, 6.45) is 1.49. The fourth-order valence-corrected chi connectivity index (χ4v) is 2.93. The van der Waals surface area contributed by atoms with Crippen LogP contribution in [0.4, 0.5) is 10.2 Å². The monoisotopic (exact) mass is 320 g/mol. The molecule has 1 fully saturated rings. The van der Waals surface area contributed by atoms with Crippen LogP contribution in [0.1, 0.15) is 18.5 Å². The van der Waals surface area contributed by atoms with Crippen molar-refractivity contribution in [1.29, 1.82) is 0 Å². The Bertz CT molecular complexity index is 626. The molecule has 1 aromatic carbocycles. The second-order valence-corrected chi connectivity index (χ2v) is 5.84. The second kappa shape index (κ2) is 6.58. The lowest BCUT2D eigenvalue weighted by Crippen LogP contribution is -2.47. The first-order valence-corrected chi connectivity index (χ1v) is 7.73. The van der Waals surface area contributed by atoms with E-state index < -0.39 is 0 Å². The van der Waals surface area contributed by atoms with Gasteiger partial charge in [0.2, 0.25) is 0 Å². The molecule has 1 saturated heterocycles. The average Bonchev–Trinajstić information content (AvgIpc) is 2.55. The van der Waals surface area contributed by atoms with Crippen molar-refractivity contribution in [3.8, 4) is 0 Å². The van der Waals surface area contributed by atoms with Crippen LogP contribution in [-0.2, 0) is 0 Å². The van der Waals surface area contributed by atoms with Crippen LogP contribution in [0.3, 0.4) is 0 Å². The number of piperazine rings is 1. The van der Waals surface area contributed by atoms with Crippen LogP contribution in [0.5, 0.6) is 0 Å². The number of aromatic nitrogens is 2. The zero-order valence-electron chi connectivity index (χ0n) is 12.4. The van der Waals surface area contributed by atoms with Crippen LogP contribution < -0.4 is 4.90 Å². The first-order chi connectivity index (χ1) is 10.6.